The summed E-state index contributed by atoms with van der Waals surface area (Å²) in [6.07, 6.45) is 5.32. The first-order valence-corrected chi connectivity index (χ1v) is 11.4. The molecule has 1 aliphatic rings. The topological polar surface area (TPSA) is 94.3 Å². The van der Waals surface area contributed by atoms with Gasteiger partial charge in [0.1, 0.15) is 23.3 Å². The van der Waals surface area contributed by atoms with Gasteiger partial charge in [0, 0.05) is 44.6 Å². The number of ether oxygens (including phenoxy) is 1. The molecule has 0 saturated heterocycles. The molecule has 9 nitrogen and oxygen atoms in total. The fourth-order valence-corrected chi connectivity index (χ4v) is 4.23. The van der Waals surface area contributed by atoms with Crippen molar-refractivity contribution in [2.75, 3.05) is 13.2 Å². The molecule has 1 N–H and O–H groups in total. The number of carbonyl (C=O) groups excluding carboxylic acids is 2. The van der Waals surface area contributed by atoms with Crippen molar-refractivity contribution in [3.63, 3.8) is 0 Å². The van der Waals surface area contributed by atoms with Crippen molar-refractivity contribution in [3.05, 3.63) is 102 Å². The molecule has 178 valence electrons. The lowest BCUT2D eigenvalue weighted by Gasteiger charge is -2.36. The predicted octanol–water partition coefficient (Wildman–Crippen LogP) is 2.56. The van der Waals surface area contributed by atoms with E-state index in [2.05, 4.69) is 15.4 Å². The van der Waals surface area contributed by atoms with Crippen LogP contribution in [0.25, 0.3) is 0 Å². The molecule has 0 bridgehead atoms. The third-order valence-electron chi connectivity index (χ3n) is 5.93. The highest BCUT2D eigenvalue weighted by molar-refractivity contribution is 5.92. The normalized spacial score (nSPS) is 14.9. The fraction of sp³-hybridized carbons (Fsp3) is 0.231. The summed E-state index contributed by atoms with van der Waals surface area (Å²) in [5.41, 5.74) is 2.15. The minimum absolute atomic E-state index is 0.0769. The molecule has 0 saturated carbocycles. The van der Waals surface area contributed by atoms with E-state index < -0.39 is 6.04 Å². The Bertz CT molecular complexity index is 1320. The molecule has 0 aliphatic carbocycles. The Kier molecular flexibility index (Phi) is 6.30. The van der Waals surface area contributed by atoms with Crippen LogP contribution in [-0.4, -0.2) is 49.2 Å². The van der Waals surface area contributed by atoms with Gasteiger partial charge in [-0.2, -0.15) is 5.10 Å². The number of hydrogen-bond acceptors (Lipinski definition) is 5. The average molecular weight is 471 g/mol. The van der Waals surface area contributed by atoms with Gasteiger partial charge in [-0.15, -0.1) is 0 Å². The largest absolute Gasteiger partial charge is 0.484 e. The average Bonchev–Trinajstić information content (AvgIpc) is 3.52. The minimum Gasteiger partial charge on any atom is -0.484 e. The van der Waals surface area contributed by atoms with Crippen molar-refractivity contribution in [2.24, 2.45) is 7.05 Å². The number of nitrogens with one attached hydrogen (secondary N) is 1. The summed E-state index contributed by atoms with van der Waals surface area (Å²) in [6.45, 7) is 1.31. The molecule has 1 atom stereocenters. The van der Waals surface area contributed by atoms with Gasteiger partial charge in [-0.1, -0.05) is 48.5 Å². The van der Waals surface area contributed by atoms with Gasteiger partial charge in [-0.05, 0) is 17.7 Å². The molecule has 4 aromatic rings. The Labute approximate surface area is 203 Å². The molecule has 9 heteroatoms. The summed E-state index contributed by atoms with van der Waals surface area (Å²) in [4.78, 5) is 32.5. The Morgan fingerprint density at radius 2 is 1.77 bits per heavy atom. The van der Waals surface area contributed by atoms with Crippen molar-refractivity contribution in [3.8, 4) is 5.75 Å². The highest BCUT2D eigenvalue weighted by Gasteiger charge is 2.35. The molecular formula is C26H26N6O3. The third-order valence-corrected chi connectivity index (χ3v) is 5.93. The maximum atomic E-state index is 13.2. The predicted molar refractivity (Wildman–Crippen MR) is 129 cm³/mol. The van der Waals surface area contributed by atoms with E-state index in [1.807, 2.05) is 78.5 Å². The number of para-hydroxylation sites is 1. The van der Waals surface area contributed by atoms with Crippen molar-refractivity contribution in [1.82, 2.24) is 29.5 Å². The monoisotopic (exact) mass is 470 g/mol. The second-order valence-corrected chi connectivity index (χ2v) is 8.38. The first-order chi connectivity index (χ1) is 17.1. The summed E-state index contributed by atoms with van der Waals surface area (Å²) >= 11 is 0. The first-order valence-electron chi connectivity index (χ1n) is 11.4. The summed E-state index contributed by atoms with van der Waals surface area (Å²) < 4.78 is 9.37. The number of carbonyl (C=O) groups is 2. The van der Waals surface area contributed by atoms with Gasteiger partial charge >= 0.3 is 0 Å². The number of imidazole rings is 1. The number of hydrogen-bond donors (Lipinski definition) is 1. The number of aromatic nitrogens is 4. The van der Waals surface area contributed by atoms with Crippen LogP contribution in [0.4, 0.5) is 0 Å². The molecule has 2 aromatic heterocycles. The number of rotatable bonds is 7. The van der Waals surface area contributed by atoms with Crippen LogP contribution in [0.3, 0.4) is 0 Å². The smallest absolute Gasteiger partial charge is 0.271 e. The quantitative estimate of drug-likeness (QED) is 0.448. The van der Waals surface area contributed by atoms with Crippen LogP contribution in [-0.2, 0) is 24.9 Å². The number of nitrogens with zero attached hydrogens (tertiary/aromatic N) is 5. The van der Waals surface area contributed by atoms with E-state index in [4.69, 9.17) is 4.74 Å². The van der Waals surface area contributed by atoms with Crippen LogP contribution in [0.15, 0.2) is 79.3 Å². The summed E-state index contributed by atoms with van der Waals surface area (Å²) in [5, 5.41) is 7.02. The highest BCUT2D eigenvalue weighted by atomic mass is 16.5. The van der Waals surface area contributed by atoms with E-state index in [-0.39, 0.29) is 18.4 Å². The number of aryl methyl sites for hydroxylation is 1. The van der Waals surface area contributed by atoms with Gasteiger partial charge < -0.3 is 19.5 Å². The fourth-order valence-electron chi connectivity index (χ4n) is 4.23. The van der Waals surface area contributed by atoms with E-state index in [1.165, 1.54) is 0 Å². The molecule has 0 spiro atoms. The maximum Gasteiger partial charge on any atom is 0.271 e. The van der Waals surface area contributed by atoms with Gasteiger partial charge in [-0.25, -0.2) is 4.98 Å². The lowest BCUT2D eigenvalue weighted by atomic mass is 10.0. The van der Waals surface area contributed by atoms with E-state index in [0.29, 0.717) is 36.9 Å². The number of amides is 2. The zero-order valence-electron chi connectivity index (χ0n) is 19.4. The Balaban J connectivity index is 1.37. The van der Waals surface area contributed by atoms with E-state index in [1.54, 1.807) is 22.0 Å². The Morgan fingerprint density at radius 3 is 2.49 bits per heavy atom. The minimum atomic E-state index is -0.420. The van der Waals surface area contributed by atoms with Gasteiger partial charge in [0.25, 0.3) is 11.8 Å². The molecule has 5 rings (SSSR count). The Hall–Kier alpha value is -4.40. The second-order valence-electron chi connectivity index (χ2n) is 8.38. The number of benzene rings is 2. The number of fused-ring (bicyclic) bond motifs is 1. The lowest BCUT2D eigenvalue weighted by molar-refractivity contribution is -0.136. The highest BCUT2D eigenvalue weighted by Crippen LogP contribution is 2.31. The van der Waals surface area contributed by atoms with Crippen molar-refractivity contribution < 1.29 is 14.3 Å². The standard InChI is InChI=1S/C26H26N6O3/c1-30-16-19(15-28-30)14-27-26(34)22-17-31-12-13-32(23(33)18-35-21-10-6-3-7-11-21)24(25(31)29-22)20-8-4-2-5-9-20/h2-11,15-17,24H,12-14,18H2,1H3,(H,27,34). The van der Waals surface area contributed by atoms with Crippen LogP contribution in [0, 0.1) is 0 Å². The van der Waals surface area contributed by atoms with Gasteiger partial charge in [0.15, 0.2) is 6.61 Å². The van der Waals surface area contributed by atoms with Crippen LogP contribution in [0.1, 0.15) is 33.5 Å². The van der Waals surface area contributed by atoms with Crippen LogP contribution in [0.5, 0.6) is 5.75 Å². The van der Waals surface area contributed by atoms with Crippen LogP contribution in [0.2, 0.25) is 0 Å². The van der Waals surface area contributed by atoms with Crippen molar-refractivity contribution in [1.29, 1.82) is 0 Å². The van der Waals surface area contributed by atoms with Crippen LogP contribution >= 0.6 is 0 Å². The van der Waals surface area contributed by atoms with E-state index in [0.717, 1.165) is 11.1 Å². The third kappa shape index (κ3) is 4.93. The van der Waals surface area contributed by atoms with E-state index in [9.17, 15) is 9.59 Å². The second kappa shape index (κ2) is 9.84. The SMILES string of the molecule is Cn1cc(CNC(=O)c2cn3c(n2)C(c2ccccc2)N(C(=O)COc2ccccc2)CC3)cn1. The molecule has 35 heavy (non-hydrogen) atoms. The van der Waals surface area contributed by atoms with Crippen molar-refractivity contribution in [2.45, 2.75) is 19.1 Å². The molecule has 1 aliphatic heterocycles. The van der Waals surface area contributed by atoms with Gasteiger partial charge in [-0.3, -0.25) is 14.3 Å². The summed E-state index contributed by atoms with van der Waals surface area (Å²) in [7, 11) is 1.83. The zero-order chi connectivity index (χ0) is 24.2. The summed E-state index contributed by atoms with van der Waals surface area (Å²) in [6, 6.07) is 18.6. The first kappa shape index (κ1) is 22.4. The molecular weight excluding hydrogens is 444 g/mol. The zero-order valence-corrected chi connectivity index (χ0v) is 19.4. The molecule has 3 heterocycles. The molecule has 2 aromatic carbocycles. The molecule has 1 unspecified atom stereocenters. The lowest BCUT2D eigenvalue weighted by Crippen LogP contribution is -2.44. The van der Waals surface area contributed by atoms with E-state index >= 15 is 0 Å². The maximum absolute atomic E-state index is 13.2. The van der Waals surface area contributed by atoms with Gasteiger partial charge in [0.2, 0.25) is 0 Å². The molecule has 0 fully saturated rings. The molecule has 0 radical (unpaired) electrons. The summed E-state index contributed by atoms with van der Waals surface area (Å²) in [5.74, 6) is 0.887. The Morgan fingerprint density at radius 1 is 1.03 bits per heavy atom. The van der Waals surface area contributed by atoms with Gasteiger partial charge in [0.05, 0.1) is 6.20 Å². The molecule has 2 amide bonds. The van der Waals surface area contributed by atoms with Crippen LogP contribution < -0.4 is 10.1 Å². The van der Waals surface area contributed by atoms with Crippen molar-refractivity contribution >= 4 is 11.8 Å².